The smallest absolute Gasteiger partial charge is 0.177 e. The normalized spacial score (nSPS) is 10.9. The number of anilines is 1. The van der Waals surface area contributed by atoms with Crippen molar-refractivity contribution in [2.24, 2.45) is 0 Å². The average molecular weight is 332 g/mol. The van der Waals surface area contributed by atoms with Gasteiger partial charge in [-0.05, 0) is 13.0 Å². The van der Waals surface area contributed by atoms with E-state index in [1.54, 1.807) is 6.92 Å². The van der Waals surface area contributed by atoms with Crippen molar-refractivity contribution in [3.8, 4) is 22.8 Å². The van der Waals surface area contributed by atoms with E-state index >= 15 is 0 Å². The summed E-state index contributed by atoms with van der Waals surface area (Å²) in [5.74, 6) is -1.55. The molecule has 0 radical (unpaired) electrons. The van der Waals surface area contributed by atoms with E-state index in [0.29, 0.717) is 16.7 Å². The third-order valence-corrected chi connectivity index (χ3v) is 3.54. The summed E-state index contributed by atoms with van der Waals surface area (Å²) < 4.78 is 39.1. The molecular formula is C16H14F2N4O2. The maximum Gasteiger partial charge on any atom is 0.177 e. The van der Waals surface area contributed by atoms with E-state index in [1.165, 1.54) is 26.5 Å². The number of fused-ring (bicyclic) bond motifs is 1. The Kier molecular flexibility index (Phi) is 3.88. The zero-order valence-electron chi connectivity index (χ0n) is 13.2. The molecule has 0 aliphatic heterocycles. The van der Waals surface area contributed by atoms with Gasteiger partial charge in [0.25, 0.3) is 0 Å². The molecule has 2 heterocycles. The number of pyridine rings is 1. The third kappa shape index (κ3) is 2.45. The van der Waals surface area contributed by atoms with Gasteiger partial charge in [0.1, 0.15) is 11.3 Å². The highest BCUT2D eigenvalue weighted by atomic mass is 19.1. The molecule has 24 heavy (non-hydrogen) atoms. The van der Waals surface area contributed by atoms with Gasteiger partial charge in [-0.2, -0.15) is 0 Å². The van der Waals surface area contributed by atoms with Crippen LogP contribution in [0, 0.1) is 18.6 Å². The topological polar surface area (TPSA) is 83.2 Å². The second-order valence-electron chi connectivity index (χ2n) is 5.03. The second-order valence-corrected chi connectivity index (χ2v) is 5.03. The van der Waals surface area contributed by atoms with Gasteiger partial charge < -0.3 is 15.2 Å². The van der Waals surface area contributed by atoms with Crippen LogP contribution >= 0.6 is 0 Å². The van der Waals surface area contributed by atoms with E-state index in [1.807, 2.05) is 0 Å². The Morgan fingerprint density at radius 2 is 1.62 bits per heavy atom. The van der Waals surface area contributed by atoms with Gasteiger partial charge in [0, 0.05) is 17.6 Å². The number of aromatic nitrogens is 3. The lowest BCUT2D eigenvalue weighted by molar-refractivity contribution is 0.359. The molecule has 3 rings (SSSR count). The van der Waals surface area contributed by atoms with Crippen LogP contribution in [0.25, 0.3) is 22.2 Å². The van der Waals surface area contributed by atoms with Crippen LogP contribution < -0.4 is 15.2 Å². The number of benzene rings is 1. The number of aryl methyl sites for hydroxylation is 1. The summed E-state index contributed by atoms with van der Waals surface area (Å²) in [5.41, 5.74) is 5.93. The second kappa shape index (κ2) is 5.88. The Morgan fingerprint density at radius 3 is 2.21 bits per heavy atom. The molecule has 2 aromatic heterocycles. The number of rotatable bonds is 3. The van der Waals surface area contributed by atoms with Crippen molar-refractivity contribution < 1.29 is 18.3 Å². The fraction of sp³-hybridized carbons (Fsp3) is 0.188. The van der Waals surface area contributed by atoms with Crippen LogP contribution in [0.1, 0.15) is 5.82 Å². The first kappa shape index (κ1) is 15.9. The zero-order valence-corrected chi connectivity index (χ0v) is 13.2. The van der Waals surface area contributed by atoms with Crippen LogP contribution in [0.4, 0.5) is 14.6 Å². The van der Waals surface area contributed by atoms with Crippen molar-refractivity contribution >= 4 is 16.7 Å². The molecule has 0 spiro atoms. The van der Waals surface area contributed by atoms with E-state index in [9.17, 15) is 8.78 Å². The Labute approximate surface area is 136 Å². The summed E-state index contributed by atoms with van der Waals surface area (Å²) in [6.07, 6.45) is 1.52. The predicted octanol–water partition coefficient (Wildman–Crippen LogP) is 2.88. The molecule has 2 N–H and O–H groups in total. The average Bonchev–Trinajstić information content (AvgIpc) is 2.56. The van der Waals surface area contributed by atoms with Gasteiger partial charge in [0.15, 0.2) is 29.0 Å². The third-order valence-electron chi connectivity index (χ3n) is 3.54. The van der Waals surface area contributed by atoms with Crippen molar-refractivity contribution in [2.45, 2.75) is 6.92 Å². The Balaban J connectivity index is 2.33. The molecule has 124 valence electrons. The number of hydrogen-bond acceptors (Lipinski definition) is 6. The monoisotopic (exact) mass is 332 g/mol. The highest BCUT2D eigenvalue weighted by Gasteiger charge is 2.23. The highest BCUT2D eigenvalue weighted by molar-refractivity contribution is 5.90. The summed E-state index contributed by atoms with van der Waals surface area (Å²) in [5, 5.41) is 0.517. The molecule has 0 aliphatic rings. The minimum absolute atomic E-state index is 0.000321. The van der Waals surface area contributed by atoms with Gasteiger partial charge in [-0.1, -0.05) is 0 Å². The van der Waals surface area contributed by atoms with Gasteiger partial charge in [-0.3, -0.25) is 0 Å². The van der Waals surface area contributed by atoms with Crippen LogP contribution in [0.5, 0.6) is 11.5 Å². The molecule has 0 saturated carbocycles. The van der Waals surface area contributed by atoms with E-state index < -0.39 is 11.6 Å². The van der Waals surface area contributed by atoms with Crippen molar-refractivity contribution in [1.29, 1.82) is 0 Å². The zero-order chi connectivity index (χ0) is 17.4. The molecule has 0 amide bonds. The first-order valence-electron chi connectivity index (χ1n) is 6.96. The van der Waals surface area contributed by atoms with Crippen LogP contribution in [0.15, 0.2) is 18.3 Å². The predicted molar refractivity (Wildman–Crippen MR) is 84.9 cm³/mol. The van der Waals surface area contributed by atoms with Crippen LogP contribution in [0.2, 0.25) is 0 Å². The number of nitrogens with zero attached hydrogens (tertiary/aromatic N) is 3. The van der Waals surface area contributed by atoms with Gasteiger partial charge in [-0.15, -0.1) is 0 Å². The molecule has 0 unspecified atom stereocenters. The van der Waals surface area contributed by atoms with Gasteiger partial charge in [0.05, 0.1) is 25.5 Å². The fourth-order valence-corrected chi connectivity index (χ4v) is 2.39. The maximum absolute atomic E-state index is 14.6. The SMILES string of the molecule is COc1cc(OC)c(F)c(-c2cc3cnc(C)nc3c(N)n2)c1F. The maximum atomic E-state index is 14.6. The molecule has 0 fully saturated rings. The first-order valence-corrected chi connectivity index (χ1v) is 6.96. The molecule has 6 nitrogen and oxygen atoms in total. The van der Waals surface area contributed by atoms with E-state index in [-0.39, 0.29) is 28.6 Å². The van der Waals surface area contributed by atoms with Gasteiger partial charge in [-0.25, -0.2) is 23.7 Å². The molecule has 1 aromatic carbocycles. The molecule has 0 aliphatic carbocycles. The van der Waals surface area contributed by atoms with Crippen molar-refractivity contribution in [1.82, 2.24) is 15.0 Å². The van der Waals surface area contributed by atoms with Gasteiger partial charge >= 0.3 is 0 Å². The van der Waals surface area contributed by atoms with Crippen LogP contribution in [-0.2, 0) is 0 Å². The molecular weight excluding hydrogens is 318 g/mol. The van der Waals surface area contributed by atoms with E-state index in [2.05, 4.69) is 15.0 Å². The number of methoxy groups -OCH3 is 2. The molecule has 8 heteroatoms. The summed E-state index contributed by atoms with van der Waals surface area (Å²) in [6, 6.07) is 2.59. The summed E-state index contributed by atoms with van der Waals surface area (Å²) >= 11 is 0. The lowest BCUT2D eigenvalue weighted by Crippen LogP contribution is -2.03. The van der Waals surface area contributed by atoms with Gasteiger partial charge in [0.2, 0.25) is 0 Å². The molecule has 3 aromatic rings. The summed E-state index contributed by atoms with van der Waals surface area (Å²) in [7, 11) is 2.55. The Hall–Kier alpha value is -3.03. The Morgan fingerprint density at radius 1 is 1.00 bits per heavy atom. The molecule has 0 atom stereocenters. The van der Waals surface area contributed by atoms with Crippen molar-refractivity contribution in [2.75, 3.05) is 20.0 Å². The van der Waals surface area contributed by atoms with Crippen molar-refractivity contribution in [3.05, 3.63) is 35.8 Å². The number of nitrogen functional groups attached to an aromatic ring is 1. The lowest BCUT2D eigenvalue weighted by Gasteiger charge is -2.13. The first-order chi connectivity index (χ1) is 11.5. The van der Waals surface area contributed by atoms with Crippen LogP contribution in [0.3, 0.4) is 0 Å². The van der Waals surface area contributed by atoms with E-state index in [0.717, 1.165) is 6.07 Å². The number of hydrogen-bond donors (Lipinski definition) is 1. The standard InChI is InChI=1S/C16H14F2N4O2/c1-7-20-6-8-4-9(22-16(19)15(8)21-7)12-13(17)10(23-2)5-11(24-3)14(12)18/h4-6H,1-3H3,(H2,19,22). The minimum Gasteiger partial charge on any atom is -0.494 e. The highest BCUT2D eigenvalue weighted by Crippen LogP contribution is 2.38. The number of halogens is 2. The van der Waals surface area contributed by atoms with E-state index in [4.69, 9.17) is 15.2 Å². The molecule has 0 saturated heterocycles. The van der Waals surface area contributed by atoms with Crippen molar-refractivity contribution in [3.63, 3.8) is 0 Å². The quantitative estimate of drug-likeness (QED) is 0.794. The fourth-order valence-electron chi connectivity index (χ4n) is 2.39. The molecule has 0 bridgehead atoms. The lowest BCUT2D eigenvalue weighted by atomic mass is 10.1. The minimum atomic E-state index is -0.893. The Bertz CT molecular complexity index is 919. The summed E-state index contributed by atoms with van der Waals surface area (Å²) in [6.45, 7) is 1.71. The largest absolute Gasteiger partial charge is 0.494 e. The van der Waals surface area contributed by atoms with Crippen LogP contribution in [-0.4, -0.2) is 29.2 Å². The number of nitrogens with two attached hydrogens (primary N) is 1. The number of ether oxygens (including phenoxy) is 2. The summed E-state index contributed by atoms with van der Waals surface area (Å²) in [4.78, 5) is 12.3.